The zero-order valence-electron chi connectivity index (χ0n) is 9.95. The van der Waals surface area contributed by atoms with Crippen LogP contribution in [0.25, 0.3) is 0 Å². The quantitative estimate of drug-likeness (QED) is 0.681. The van der Waals surface area contributed by atoms with Gasteiger partial charge in [0.15, 0.2) is 5.92 Å². The number of hydrogen-bond donors (Lipinski definition) is 1. The maximum atomic E-state index is 12.8. The van der Waals surface area contributed by atoms with Crippen LogP contribution >= 0.6 is 0 Å². The average molecular weight is 280 g/mol. The first-order valence-corrected chi connectivity index (χ1v) is 5.44. The molecule has 0 saturated heterocycles. The molecule has 0 radical (unpaired) electrons. The molecule has 0 bridgehead atoms. The van der Waals surface area contributed by atoms with Gasteiger partial charge in [0.25, 0.3) is 0 Å². The van der Waals surface area contributed by atoms with Gasteiger partial charge >= 0.3 is 12.1 Å². The summed E-state index contributed by atoms with van der Waals surface area (Å²) in [7, 11) is 0. The van der Waals surface area contributed by atoms with E-state index in [1.165, 1.54) is 6.92 Å². The van der Waals surface area contributed by atoms with Gasteiger partial charge in [0.2, 0.25) is 0 Å². The fourth-order valence-corrected chi connectivity index (χ4v) is 1.53. The zero-order chi connectivity index (χ0) is 14.6. The van der Waals surface area contributed by atoms with Crippen LogP contribution in [0.3, 0.4) is 0 Å². The highest BCUT2D eigenvalue weighted by Crippen LogP contribution is 2.37. The highest BCUT2D eigenvalue weighted by Gasteiger charge is 2.50. The number of hydrogen-bond acceptors (Lipinski definition) is 3. The van der Waals surface area contributed by atoms with Crippen LogP contribution in [0, 0.1) is 11.7 Å². The van der Waals surface area contributed by atoms with E-state index in [0.717, 1.165) is 24.3 Å². The lowest BCUT2D eigenvalue weighted by atomic mass is 9.95. The number of rotatable bonds is 4. The summed E-state index contributed by atoms with van der Waals surface area (Å²) in [6, 6.07) is 3.77. The van der Waals surface area contributed by atoms with Gasteiger partial charge in [-0.15, -0.1) is 0 Å². The van der Waals surface area contributed by atoms with Gasteiger partial charge < -0.3 is 9.84 Å². The minimum absolute atomic E-state index is 0.211. The molecule has 0 unspecified atom stereocenters. The Morgan fingerprint density at radius 2 is 1.84 bits per heavy atom. The number of carbonyl (C=O) groups is 1. The molecule has 0 fully saturated rings. The van der Waals surface area contributed by atoms with Crippen molar-refractivity contribution in [2.24, 2.45) is 5.92 Å². The van der Waals surface area contributed by atoms with Gasteiger partial charge in [-0.2, -0.15) is 13.2 Å². The Bertz CT molecular complexity index is 428. The van der Waals surface area contributed by atoms with E-state index in [1.54, 1.807) is 0 Å². The fourth-order valence-electron chi connectivity index (χ4n) is 1.53. The number of carbonyl (C=O) groups excluding carboxylic acids is 1. The second kappa shape index (κ2) is 6.01. The monoisotopic (exact) mass is 280 g/mol. The smallest absolute Gasteiger partial charge is 0.405 e. The first-order valence-electron chi connectivity index (χ1n) is 5.44. The largest absolute Gasteiger partial charge is 0.465 e. The first-order chi connectivity index (χ1) is 8.77. The van der Waals surface area contributed by atoms with E-state index in [0.29, 0.717) is 0 Å². The summed E-state index contributed by atoms with van der Waals surface area (Å²) in [4.78, 5) is 11.3. The molecule has 0 aromatic heterocycles. The van der Waals surface area contributed by atoms with Crippen LogP contribution in [0.2, 0.25) is 0 Å². The third-order valence-electron chi connectivity index (χ3n) is 2.42. The van der Waals surface area contributed by atoms with E-state index >= 15 is 0 Å². The van der Waals surface area contributed by atoms with Crippen molar-refractivity contribution in [3.05, 3.63) is 35.6 Å². The lowest BCUT2D eigenvalue weighted by Crippen LogP contribution is -2.37. The Hall–Kier alpha value is -1.63. The van der Waals surface area contributed by atoms with Crippen LogP contribution in [-0.4, -0.2) is 23.9 Å². The van der Waals surface area contributed by atoms with Crippen molar-refractivity contribution in [3.8, 4) is 0 Å². The summed E-state index contributed by atoms with van der Waals surface area (Å²) in [6.45, 7) is 1.12. The average Bonchev–Trinajstić information content (AvgIpc) is 2.28. The van der Waals surface area contributed by atoms with Crippen molar-refractivity contribution in [1.82, 2.24) is 0 Å². The third kappa shape index (κ3) is 3.92. The minimum Gasteiger partial charge on any atom is -0.465 e. The van der Waals surface area contributed by atoms with Gasteiger partial charge in [-0.25, -0.2) is 4.39 Å². The molecule has 1 aromatic carbocycles. The second-order valence-electron chi connectivity index (χ2n) is 3.77. The molecule has 1 rings (SSSR count). The molecule has 0 amide bonds. The summed E-state index contributed by atoms with van der Waals surface area (Å²) < 4.78 is 55.3. The molecule has 1 N–H and O–H groups in total. The van der Waals surface area contributed by atoms with Crippen molar-refractivity contribution in [2.75, 3.05) is 6.61 Å². The molecule has 0 saturated carbocycles. The Morgan fingerprint density at radius 1 is 1.32 bits per heavy atom. The SMILES string of the molecule is CCOC(=O)[C@H]([C@@H](O)c1ccc(F)cc1)C(F)(F)F. The first kappa shape index (κ1) is 15.4. The molecule has 0 heterocycles. The third-order valence-corrected chi connectivity index (χ3v) is 2.42. The molecule has 1 aromatic rings. The van der Waals surface area contributed by atoms with Gasteiger partial charge in [-0.05, 0) is 24.6 Å². The molecular weight excluding hydrogens is 268 g/mol. The number of ether oxygens (including phenoxy) is 1. The van der Waals surface area contributed by atoms with Crippen molar-refractivity contribution in [3.63, 3.8) is 0 Å². The maximum Gasteiger partial charge on any atom is 0.405 e. The summed E-state index contributed by atoms with van der Waals surface area (Å²) >= 11 is 0. The number of aliphatic hydroxyl groups is 1. The Labute approximate surface area is 106 Å². The fraction of sp³-hybridized carbons (Fsp3) is 0.417. The summed E-state index contributed by atoms with van der Waals surface area (Å²) in [5.74, 6) is -4.92. The molecule has 106 valence electrons. The van der Waals surface area contributed by atoms with Crippen molar-refractivity contribution >= 4 is 5.97 Å². The minimum atomic E-state index is -4.96. The molecule has 2 atom stereocenters. The van der Waals surface area contributed by atoms with E-state index in [-0.39, 0.29) is 12.2 Å². The van der Waals surface area contributed by atoms with E-state index in [2.05, 4.69) is 4.74 Å². The van der Waals surface area contributed by atoms with Crippen molar-refractivity contribution < 1.29 is 32.2 Å². The molecular formula is C12H12F4O3. The Morgan fingerprint density at radius 3 is 2.26 bits per heavy atom. The van der Waals surface area contributed by atoms with Crippen LogP contribution in [-0.2, 0) is 9.53 Å². The predicted molar refractivity (Wildman–Crippen MR) is 57.5 cm³/mol. The van der Waals surface area contributed by atoms with Gasteiger partial charge in [0, 0.05) is 0 Å². The molecule has 0 aliphatic carbocycles. The normalized spacial score (nSPS) is 14.8. The van der Waals surface area contributed by atoms with Gasteiger partial charge in [-0.1, -0.05) is 12.1 Å². The number of benzene rings is 1. The Kier molecular flexibility index (Phi) is 4.88. The number of esters is 1. The zero-order valence-corrected chi connectivity index (χ0v) is 9.95. The lowest BCUT2D eigenvalue weighted by Gasteiger charge is -2.23. The molecule has 0 aliphatic rings. The van der Waals surface area contributed by atoms with Gasteiger partial charge in [0.1, 0.15) is 11.9 Å². The Balaban J connectivity index is 3.04. The van der Waals surface area contributed by atoms with Crippen LogP contribution < -0.4 is 0 Å². The van der Waals surface area contributed by atoms with Crippen LogP contribution in [0.5, 0.6) is 0 Å². The van der Waals surface area contributed by atoms with E-state index in [4.69, 9.17) is 0 Å². The summed E-state index contributed by atoms with van der Waals surface area (Å²) in [6.07, 6.45) is -7.10. The van der Waals surface area contributed by atoms with E-state index in [9.17, 15) is 27.5 Å². The molecule has 0 aliphatic heterocycles. The maximum absolute atomic E-state index is 12.8. The number of aliphatic hydroxyl groups excluding tert-OH is 1. The van der Waals surface area contributed by atoms with Crippen LogP contribution in [0.15, 0.2) is 24.3 Å². The highest BCUT2D eigenvalue weighted by atomic mass is 19.4. The van der Waals surface area contributed by atoms with Crippen molar-refractivity contribution in [2.45, 2.75) is 19.2 Å². The van der Waals surface area contributed by atoms with E-state index < -0.39 is 30.0 Å². The molecule has 7 heteroatoms. The second-order valence-corrected chi connectivity index (χ2v) is 3.77. The standard InChI is InChI=1S/C12H12F4O3/c1-2-19-11(18)9(12(14,15)16)10(17)7-3-5-8(13)6-4-7/h3-6,9-10,17H,2H2,1H3/t9-,10-/m0/s1. The topological polar surface area (TPSA) is 46.5 Å². The molecule has 19 heavy (non-hydrogen) atoms. The van der Waals surface area contributed by atoms with E-state index in [1.807, 2.05) is 0 Å². The molecule has 3 nitrogen and oxygen atoms in total. The summed E-state index contributed by atoms with van der Waals surface area (Å²) in [5.41, 5.74) is -0.211. The van der Waals surface area contributed by atoms with Crippen molar-refractivity contribution in [1.29, 1.82) is 0 Å². The lowest BCUT2D eigenvalue weighted by molar-refractivity contribution is -0.215. The summed E-state index contributed by atoms with van der Waals surface area (Å²) in [5, 5.41) is 9.66. The highest BCUT2D eigenvalue weighted by molar-refractivity contribution is 5.74. The van der Waals surface area contributed by atoms with Crippen LogP contribution in [0.4, 0.5) is 17.6 Å². The molecule has 0 spiro atoms. The predicted octanol–water partition coefficient (Wildman–Crippen LogP) is 2.60. The van der Waals surface area contributed by atoms with Gasteiger partial charge in [0.05, 0.1) is 6.61 Å². The van der Waals surface area contributed by atoms with Crippen LogP contribution in [0.1, 0.15) is 18.6 Å². The number of alkyl halides is 3. The number of halogens is 4. The van der Waals surface area contributed by atoms with Gasteiger partial charge in [-0.3, -0.25) is 4.79 Å².